The highest BCUT2D eigenvalue weighted by Crippen LogP contribution is 2.40. The maximum atomic E-state index is 14.0. The summed E-state index contributed by atoms with van der Waals surface area (Å²) in [6, 6.07) is 5.32. The zero-order valence-electron chi connectivity index (χ0n) is 20.6. The van der Waals surface area contributed by atoms with Gasteiger partial charge in [-0.05, 0) is 83.7 Å². The number of carbonyl (C=O) groups excluding carboxylic acids is 1. The van der Waals surface area contributed by atoms with Crippen LogP contribution in [0.1, 0.15) is 71.3 Å². The van der Waals surface area contributed by atoms with Crippen molar-refractivity contribution < 1.29 is 23.4 Å². The largest absolute Gasteiger partial charge is 0.493 e. The van der Waals surface area contributed by atoms with E-state index in [1.165, 1.54) is 6.07 Å². The number of hydrogen-bond acceptors (Lipinski definition) is 5. The van der Waals surface area contributed by atoms with Gasteiger partial charge in [-0.2, -0.15) is 0 Å². The summed E-state index contributed by atoms with van der Waals surface area (Å²) in [6.45, 7) is 12.3. The van der Waals surface area contributed by atoms with Crippen LogP contribution < -0.4 is 4.74 Å². The Bertz CT molecular complexity index is 826. The highest BCUT2D eigenvalue weighted by Gasteiger charge is 2.53. The fourth-order valence-electron chi connectivity index (χ4n) is 5.25. The Hall–Kier alpha value is -1.86. The first kappa shape index (κ1) is 24.3. The van der Waals surface area contributed by atoms with Crippen LogP contribution in [-0.4, -0.2) is 72.5 Å². The summed E-state index contributed by atoms with van der Waals surface area (Å²) in [6.07, 6.45) is 4.75. The summed E-state index contributed by atoms with van der Waals surface area (Å²) >= 11 is 0. The van der Waals surface area contributed by atoms with Gasteiger partial charge in [-0.15, -0.1) is 0 Å². The molecule has 1 amide bonds. The quantitative estimate of drug-likeness (QED) is 0.559. The molecular formula is C26H39FN2O4. The topological polar surface area (TPSA) is 51.2 Å². The average molecular weight is 463 g/mol. The minimum atomic E-state index is -0.480. The van der Waals surface area contributed by atoms with Crippen molar-refractivity contribution in [3.05, 3.63) is 29.6 Å². The van der Waals surface area contributed by atoms with Crippen LogP contribution in [0.2, 0.25) is 0 Å². The molecule has 3 heterocycles. The number of unbranched alkanes of at least 4 members (excludes halogenated alkanes) is 1. The molecule has 0 aromatic heterocycles. The summed E-state index contributed by atoms with van der Waals surface area (Å²) < 4.78 is 31.6. The van der Waals surface area contributed by atoms with E-state index in [0.717, 1.165) is 56.5 Å². The number of nitrogens with zero attached hydrogens (tertiary/aromatic N) is 2. The van der Waals surface area contributed by atoms with Crippen molar-refractivity contribution in [1.29, 1.82) is 0 Å². The third-order valence-corrected chi connectivity index (χ3v) is 7.01. The summed E-state index contributed by atoms with van der Waals surface area (Å²) in [7, 11) is 0. The second-order valence-corrected chi connectivity index (χ2v) is 10.9. The fraction of sp³-hybridized carbons (Fsp3) is 0.731. The smallest absolute Gasteiger partial charge is 0.410 e. The highest BCUT2D eigenvalue weighted by atomic mass is 19.1. The van der Waals surface area contributed by atoms with Crippen molar-refractivity contribution >= 4 is 6.09 Å². The van der Waals surface area contributed by atoms with E-state index in [2.05, 4.69) is 11.8 Å². The van der Waals surface area contributed by atoms with E-state index in [0.29, 0.717) is 38.3 Å². The van der Waals surface area contributed by atoms with Crippen molar-refractivity contribution in [3.63, 3.8) is 0 Å². The molecule has 1 spiro atoms. The van der Waals surface area contributed by atoms with Crippen molar-refractivity contribution in [3.8, 4) is 5.75 Å². The second kappa shape index (κ2) is 9.79. The van der Waals surface area contributed by atoms with Gasteiger partial charge in [-0.1, -0.05) is 13.3 Å². The number of halogens is 1. The lowest BCUT2D eigenvalue weighted by Gasteiger charge is -2.47. The van der Waals surface area contributed by atoms with Crippen LogP contribution in [0.4, 0.5) is 9.18 Å². The molecule has 184 valence electrons. The van der Waals surface area contributed by atoms with Gasteiger partial charge in [0.15, 0.2) is 0 Å². The minimum absolute atomic E-state index is 0.194. The number of piperidine rings is 1. The standard InChI is InChI=1S/C26H39FN2O4/c1-5-6-13-31-23-8-7-20(27)14-22(23)19-9-11-28(12-10-19)21-15-26(32-16-21)17-29(18-26)24(30)33-25(2,3)4/h7-8,14,19,21H,5-6,9-13,15-18H2,1-4H3/t21-/m0/s1. The van der Waals surface area contributed by atoms with E-state index < -0.39 is 5.60 Å². The summed E-state index contributed by atoms with van der Waals surface area (Å²) in [5.74, 6) is 0.959. The lowest BCUT2D eigenvalue weighted by Crippen LogP contribution is -2.64. The first-order valence-electron chi connectivity index (χ1n) is 12.5. The van der Waals surface area contributed by atoms with E-state index in [1.807, 2.05) is 20.8 Å². The van der Waals surface area contributed by atoms with Gasteiger partial charge in [0.05, 0.1) is 26.3 Å². The Kier molecular flexibility index (Phi) is 7.20. The molecule has 0 N–H and O–H groups in total. The Labute approximate surface area is 197 Å². The second-order valence-electron chi connectivity index (χ2n) is 10.9. The molecule has 33 heavy (non-hydrogen) atoms. The van der Waals surface area contributed by atoms with Gasteiger partial charge >= 0.3 is 6.09 Å². The van der Waals surface area contributed by atoms with Crippen LogP contribution in [0.25, 0.3) is 0 Å². The van der Waals surface area contributed by atoms with Gasteiger partial charge in [0.25, 0.3) is 0 Å². The molecule has 1 aromatic carbocycles. The molecule has 1 aromatic rings. The molecule has 3 saturated heterocycles. The predicted molar refractivity (Wildman–Crippen MR) is 125 cm³/mol. The molecule has 0 aliphatic carbocycles. The summed E-state index contributed by atoms with van der Waals surface area (Å²) in [4.78, 5) is 16.5. The fourth-order valence-corrected chi connectivity index (χ4v) is 5.25. The number of rotatable bonds is 6. The number of benzene rings is 1. The summed E-state index contributed by atoms with van der Waals surface area (Å²) in [5, 5.41) is 0. The average Bonchev–Trinajstić information content (AvgIpc) is 3.19. The zero-order chi connectivity index (χ0) is 23.6. The van der Waals surface area contributed by atoms with E-state index in [9.17, 15) is 9.18 Å². The van der Waals surface area contributed by atoms with E-state index in [-0.39, 0.29) is 17.5 Å². The predicted octanol–water partition coefficient (Wildman–Crippen LogP) is 4.96. The number of hydrogen-bond donors (Lipinski definition) is 0. The molecule has 0 radical (unpaired) electrons. The monoisotopic (exact) mass is 462 g/mol. The highest BCUT2D eigenvalue weighted by molar-refractivity contribution is 5.69. The van der Waals surface area contributed by atoms with E-state index >= 15 is 0 Å². The van der Waals surface area contributed by atoms with Crippen LogP contribution in [0, 0.1) is 5.82 Å². The third kappa shape index (κ3) is 5.80. The number of amides is 1. The Balaban J connectivity index is 1.28. The number of ether oxygens (including phenoxy) is 3. The lowest BCUT2D eigenvalue weighted by molar-refractivity contribution is -0.109. The van der Waals surface area contributed by atoms with Crippen molar-refractivity contribution in [2.24, 2.45) is 0 Å². The van der Waals surface area contributed by atoms with Crippen molar-refractivity contribution in [2.45, 2.75) is 83.0 Å². The molecule has 3 aliphatic rings. The van der Waals surface area contributed by atoms with Crippen LogP contribution in [-0.2, 0) is 9.47 Å². The third-order valence-electron chi connectivity index (χ3n) is 7.01. The van der Waals surface area contributed by atoms with Gasteiger partial charge in [-0.3, -0.25) is 4.90 Å². The van der Waals surface area contributed by atoms with Gasteiger partial charge < -0.3 is 19.1 Å². The Morgan fingerprint density at radius 1 is 1.24 bits per heavy atom. The molecule has 3 fully saturated rings. The van der Waals surface area contributed by atoms with Gasteiger partial charge in [0.2, 0.25) is 0 Å². The molecule has 0 saturated carbocycles. The SMILES string of the molecule is CCCCOc1ccc(F)cc1C1CCN([C@@H]2COC3(C2)CN(C(=O)OC(C)(C)C)C3)CC1. The molecular weight excluding hydrogens is 423 g/mol. The molecule has 3 aliphatic heterocycles. The van der Waals surface area contributed by atoms with Gasteiger partial charge in [0, 0.05) is 11.6 Å². The first-order chi connectivity index (χ1) is 15.7. The summed E-state index contributed by atoms with van der Waals surface area (Å²) in [5.41, 5.74) is 0.310. The maximum Gasteiger partial charge on any atom is 0.410 e. The zero-order valence-corrected chi connectivity index (χ0v) is 20.6. The number of likely N-dealkylation sites (tertiary alicyclic amines) is 2. The van der Waals surface area contributed by atoms with Crippen LogP contribution in [0.15, 0.2) is 18.2 Å². The molecule has 0 unspecified atom stereocenters. The minimum Gasteiger partial charge on any atom is -0.493 e. The number of carbonyl (C=O) groups is 1. The van der Waals surface area contributed by atoms with Crippen LogP contribution in [0.5, 0.6) is 5.75 Å². The Morgan fingerprint density at radius 3 is 2.64 bits per heavy atom. The maximum absolute atomic E-state index is 14.0. The van der Waals surface area contributed by atoms with E-state index in [4.69, 9.17) is 14.2 Å². The van der Waals surface area contributed by atoms with Crippen LogP contribution in [0.3, 0.4) is 0 Å². The van der Waals surface area contributed by atoms with Crippen LogP contribution >= 0.6 is 0 Å². The molecule has 4 rings (SSSR count). The van der Waals surface area contributed by atoms with Gasteiger partial charge in [-0.25, -0.2) is 9.18 Å². The molecule has 0 bridgehead atoms. The van der Waals surface area contributed by atoms with Crippen molar-refractivity contribution in [2.75, 3.05) is 39.4 Å². The van der Waals surface area contributed by atoms with Crippen molar-refractivity contribution in [1.82, 2.24) is 9.80 Å². The Morgan fingerprint density at radius 2 is 1.97 bits per heavy atom. The van der Waals surface area contributed by atoms with Gasteiger partial charge in [0.1, 0.15) is 22.8 Å². The normalized spacial score (nSPS) is 23.5. The molecule has 6 nitrogen and oxygen atoms in total. The molecule has 1 atom stereocenters. The lowest BCUT2D eigenvalue weighted by atomic mass is 9.86. The molecule has 7 heteroatoms. The van der Waals surface area contributed by atoms with E-state index in [1.54, 1.807) is 17.0 Å². The first-order valence-corrected chi connectivity index (χ1v) is 12.5.